The molecule has 0 atom stereocenters. The van der Waals surface area contributed by atoms with E-state index < -0.39 is 10.0 Å². The predicted octanol–water partition coefficient (Wildman–Crippen LogP) is 4.80. The minimum atomic E-state index is -3.73. The fourth-order valence-electron chi connectivity index (χ4n) is 3.66. The zero-order chi connectivity index (χ0) is 23.1. The number of ether oxygens (including phenoxy) is 1. The number of aryl methyl sites for hydroxylation is 3. The summed E-state index contributed by atoms with van der Waals surface area (Å²) in [4.78, 5) is 12.2. The molecule has 2 aromatic carbocycles. The van der Waals surface area contributed by atoms with Crippen molar-refractivity contribution in [3.8, 4) is 5.75 Å². The van der Waals surface area contributed by atoms with Crippen LogP contribution in [0.5, 0.6) is 5.75 Å². The average molecular weight is 457 g/mol. The SMILES string of the molecule is Cc1ccc(NS(=O)(=O)c2ccc(OCC(=O)NCCC3=CCCCC3)c(C)c2)cc1C. The standard InChI is InChI=1S/C25H32N2O4S/c1-18-9-10-22(15-19(18)2)27-32(29,30)23-11-12-24(20(3)16-23)31-17-25(28)26-14-13-21-7-5-4-6-8-21/h7,9-12,15-16,27H,4-6,8,13-14,17H2,1-3H3,(H,26,28). The summed E-state index contributed by atoms with van der Waals surface area (Å²) in [6, 6.07) is 10.1. The molecule has 6 nitrogen and oxygen atoms in total. The molecule has 32 heavy (non-hydrogen) atoms. The van der Waals surface area contributed by atoms with Crippen LogP contribution in [-0.2, 0) is 14.8 Å². The molecule has 0 unspecified atom stereocenters. The molecule has 0 saturated carbocycles. The average Bonchev–Trinajstić information content (AvgIpc) is 2.76. The van der Waals surface area contributed by atoms with Crippen LogP contribution in [0.25, 0.3) is 0 Å². The van der Waals surface area contributed by atoms with Gasteiger partial charge in [-0.05, 0) is 99.9 Å². The van der Waals surface area contributed by atoms with Gasteiger partial charge >= 0.3 is 0 Å². The highest BCUT2D eigenvalue weighted by molar-refractivity contribution is 7.92. The van der Waals surface area contributed by atoms with E-state index in [1.807, 2.05) is 19.9 Å². The normalized spacial score (nSPS) is 13.9. The van der Waals surface area contributed by atoms with Gasteiger partial charge in [-0.3, -0.25) is 9.52 Å². The van der Waals surface area contributed by atoms with Gasteiger partial charge in [-0.1, -0.05) is 17.7 Å². The lowest BCUT2D eigenvalue weighted by Gasteiger charge is -2.14. The maximum absolute atomic E-state index is 12.8. The number of allylic oxidation sites excluding steroid dienone is 1. The van der Waals surface area contributed by atoms with Crippen LogP contribution in [0.15, 0.2) is 52.9 Å². The van der Waals surface area contributed by atoms with Crippen LogP contribution < -0.4 is 14.8 Å². The molecule has 0 bridgehead atoms. The van der Waals surface area contributed by atoms with E-state index in [0.717, 1.165) is 30.4 Å². The van der Waals surface area contributed by atoms with Gasteiger partial charge in [-0.25, -0.2) is 8.42 Å². The van der Waals surface area contributed by atoms with Gasteiger partial charge < -0.3 is 10.1 Å². The predicted molar refractivity (Wildman–Crippen MR) is 128 cm³/mol. The lowest BCUT2D eigenvalue weighted by atomic mass is 9.97. The van der Waals surface area contributed by atoms with Gasteiger partial charge in [0.05, 0.1) is 4.90 Å². The van der Waals surface area contributed by atoms with Gasteiger partial charge in [-0.2, -0.15) is 0 Å². The molecule has 0 aromatic heterocycles. The summed E-state index contributed by atoms with van der Waals surface area (Å²) in [6.45, 7) is 6.18. The van der Waals surface area contributed by atoms with E-state index in [9.17, 15) is 13.2 Å². The second-order valence-electron chi connectivity index (χ2n) is 8.33. The number of benzene rings is 2. The molecule has 0 saturated heterocycles. The van der Waals surface area contributed by atoms with Crippen LogP contribution in [0, 0.1) is 20.8 Å². The molecular weight excluding hydrogens is 424 g/mol. The minimum Gasteiger partial charge on any atom is -0.484 e. The van der Waals surface area contributed by atoms with Crippen molar-refractivity contribution in [1.82, 2.24) is 5.32 Å². The van der Waals surface area contributed by atoms with E-state index in [4.69, 9.17) is 4.74 Å². The third kappa shape index (κ3) is 6.60. The van der Waals surface area contributed by atoms with Gasteiger partial charge in [-0.15, -0.1) is 0 Å². The molecule has 7 heteroatoms. The van der Waals surface area contributed by atoms with E-state index in [1.165, 1.54) is 24.5 Å². The number of amides is 1. The molecule has 0 aliphatic heterocycles. The number of anilines is 1. The highest BCUT2D eigenvalue weighted by atomic mass is 32.2. The zero-order valence-corrected chi connectivity index (χ0v) is 19.8. The Balaban J connectivity index is 1.54. The molecule has 3 rings (SSSR count). The van der Waals surface area contributed by atoms with Crippen molar-refractivity contribution in [1.29, 1.82) is 0 Å². The Bertz CT molecular complexity index is 1110. The molecule has 1 aliphatic rings. The molecule has 172 valence electrons. The van der Waals surface area contributed by atoms with Crippen LogP contribution in [0.4, 0.5) is 5.69 Å². The van der Waals surface area contributed by atoms with Gasteiger partial charge in [0, 0.05) is 12.2 Å². The minimum absolute atomic E-state index is 0.104. The van der Waals surface area contributed by atoms with E-state index in [1.54, 1.807) is 31.2 Å². The largest absolute Gasteiger partial charge is 0.484 e. The Morgan fingerprint density at radius 2 is 1.81 bits per heavy atom. The summed E-state index contributed by atoms with van der Waals surface area (Å²) < 4.78 is 33.7. The lowest BCUT2D eigenvalue weighted by molar-refractivity contribution is -0.123. The number of carbonyl (C=O) groups excluding carboxylic acids is 1. The van der Waals surface area contributed by atoms with Gasteiger partial charge in [0.2, 0.25) is 0 Å². The van der Waals surface area contributed by atoms with E-state index in [-0.39, 0.29) is 17.4 Å². The van der Waals surface area contributed by atoms with Crippen molar-refractivity contribution in [2.75, 3.05) is 17.9 Å². The maximum Gasteiger partial charge on any atom is 0.261 e. The highest BCUT2D eigenvalue weighted by Gasteiger charge is 2.16. The zero-order valence-electron chi connectivity index (χ0n) is 19.0. The Hall–Kier alpha value is -2.80. The number of hydrogen-bond acceptors (Lipinski definition) is 4. The molecule has 0 heterocycles. The molecule has 1 aliphatic carbocycles. The topological polar surface area (TPSA) is 84.5 Å². The second kappa shape index (κ2) is 10.7. The molecule has 0 fully saturated rings. The fourth-order valence-corrected chi connectivity index (χ4v) is 4.79. The summed E-state index contributed by atoms with van der Waals surface area (Å²) in [6.07, 6.45) is 7.90. The van der Waals surface area contributed by atoms with E-state index in [0.29, 0.717) is 23.5 Å². The Kier molecular flexibility index (Phi) is 7.96. The van der Waals surface area contributed by atoms with Crippen LogP contribution in [0.1, 0.15) is 48.8 Å². The van der Waals surface area contributed by atoms with Crippen LogP contribution in [-0.4, -0.2) is 27.5 Å². The summed E-state index contributed by atoms with van der Waals surface area (Å²) in [7, 11) is -3.73. The third-order valence-electron chi connectivity index (χ3n) is 5.73. The van der Waals surface area contributed by atoms with Crippen molar-refractivity contribution in [2.45, 2.75) is 57.8 Å². The maximum atomic E-state index is 12.8. The second-order valence-corrected chi connectivity index (χ2v) is 10.0. The third-order valence-corrected chi connectivity index (χ3v) is 7.11. The Labute approximate surface area is 191 Å². The lowest BCUT2D eigenvalue weighted by Crippen LogP contribution is -2.30. The molecule has 0 radical (unpaired) electrons. The first kappa shape index (κ1) is 23.9. The quantitative estimate of drug-likeness (QED) is 0.531. The Morgan fingerprint density at radius 1 is 1.00 bits per heavy atom. The highest BCUT2D eigenvalue weighted by Crippen LogP contribution is 2.24. The van der Waals surface area contributed by atoms with Gasteiger partial charge in [0.1, 0.15) is 5.75 Å². The molecule has 0 spiro atoms. The monoisotopic (exact) mass is 456 g/mol. The smallest absolute Gasteiger partial charge is 0.261 e. The van der Waals surface area contributed by atoms with Crippen molar-refractivity contribution in [3.05, 3.63) is 64.7 Å². The van der Waals surface area contributed by atoms with Crippen molar-refractivity contribution < 1.29 is 17.9 Å². The fraction of sp³-hybridized carbons (Fsp3) is 0.400. The summed E-state index contributed by atoms with van der Waals surface area (Å²) in [5.41, 5.74) is 4.69. The van der Waals surface area contributed by atoms with Gasteiger partial charge in [0.25, 0.3) is 15.9 Å². The van der Waals surface area contributed by atoms with Gasteiger partial charge in [0.15, 0.2) is 6.61 Å². The molecule has 2 N–H and O–H groups in total. The summed E-state index contributed by atoms with van der Waals surface area (Å²) in [5, 5.41) is 2.88. The first-order chi connectivity index (χ1) is 15.2. The summed E-state index contributed by atoms with van der Waals surface area (Å²) >= 11 is 0. The van der Waals surface area contributed by atoms with E-state index >= 15 is 0 Å². The van der Waals surface area contributed by atoms with Crippen molar-refractivity contribution >= 4 is 21.6 Å². The molecule has 1 amide bonds. The van der Waals surface area contributed by atoms with Crippen LogP contribution in [0.3, 0.4) is 0 Å². The van der Waals surface area contributed by atoms with Crippen molar-refractivity contribution in [2.24, 2.45) is 0 Å². The first-order valence-electron chi connectivity index (χ1n) is 11.0. The number of nitrogens with one attached hydrogen (secondary N) is 2. The van der Waals surface area contributed by atoms with Crippen LogP contribution in [0.2, 0.25) is 0 Å². The first-order valence-corrected chi connectivity index (χ1v) is 12.5. The summed E-state index contributed by atoms with van der Waals surface area (Å²) in [5.74, 6) is 0.300. The number of rotatable bonds is 9. The number of sulfonamides is 1. The van der Waals surface area contributed by atoms with E-state index in [2.05, 4.69) is 16.1 Å². The number of carbonyl (C=O) groups is 1. The number of hydrogen-bond donors (Lipinski definition) is 2. The molecular formula is C25H32N2O4S. The molecule has 2 aromatic rings. The Morgan fingerprint density at radius 3 is 2.50 bits per heavy atom. The van der Waals surface area contributed by atoms with Crippen LogP contribution >= 0.6 is 0 Å². The van der Waals surface area contributed by atoms with Crippen molar-refractivity contribution in [3.63, 3.8) is 0 Å².